The van der Waals surface area contributed by atoms with Crippen LogP contribution in [0.5, 0.6) is 0 Å². The van der Waals surface area contributed by atoms with Crippen molar-refractivity contribution < 1.29 is 14.3 Å². The summed E-state index contributed by atoms with van der Waals surface area (Å²) in [7, 11) is 1.27. The van der Waals surface area contributed by atoms with Crippen molar-refractivity contribution in [1.29, 1.82) is 0 Å². The minimum absolute atomic E-state index is 0.00104. The van der Waals surface area contributed by atoms with Gasteiger partial charge in [0, 0.05) is 5.92 Å². The second-order valence-electron chi connectivity index (χ2n) is 2.46. The predicted molar refractivity (Wildman–Crippen MR) is 53.2 cm³/mol. The monoisotopic (exact) mass is 208 g/mol. The van der Waals surface area contributed by atoms with Crippen molar-refractivity contribution in [2.45, 2.75) is 6.92 Å². The predicted octanol–water partition coefficient (Wildman–Crippen LogP) is 1.48. The molecule has 0 N–H and O–H groups in total. The first-order chi connectivity index (χ1) is 6.63. The van der Waals surface area contributed by atoms with Crippen LogP contribution in [0.3, 0.4) is 0 Å². The molecule has 3 nitrogen and oxygen atoms in total. The molecule has 0 saturated heterocycles. The topological polar surface area (TPSA) is 43.4 Å². The van der Waals surface area contributed by atoms with Crippen LogP contribution in [0, 0.1) is 11.8 Å². The van der Waals surface area contributed by atoms with E-state index in [1.54, 1.807) is 12.1 Å². The fourth-order valence-electron chi connectivity index (χ4n) is 0.758. The van der Waals surface area contributed by atoms with Crippen LogP contribution in [0.2, 0.25) is 0 Å². The van der Waals surface area contributed by atoms with Gasteiger partial charge < -0.3 is 4.74 Å². The zero-order valence-electron chi connectivity index (χ0n) is 7.79. The van der Waals surface area contributed by atoms with Gasteiger partial charge in [-0.05, 0) is 25.0 Å². The summed E-state index contributed by atoms with van der Waals surface area (Å²) in [6, 6.07) is 3.39. The van der Waals surface area contributed by atoms with Gasteiger partial charge in [0.1, 0.15) is 0 Å². The molecule has 0 fully saturated rings. The number of hydrogen-bond acceptors (Lipinski definition) is 4. The van der Waals surface area contributed by atoms with Crippen molar-refractivity contribution in [1.82, 2.24) is 0 Å². The maximum absolute atomic E-state index is 10.9. The number of thiophene rings is 1. The van der Waals surface area contributed by atoms with Crippen LogP contribution in [0.4, 0.5) is 0 Å². The Kier molecular flexibility index (Phi) is 3.43. The molecule has 1 heterocycles. The number of ketones is 1. The highest BCUT2D eigenvalue weighted by Crippen LogP contribution is 2.15. The largest absolute Gasteiger partial charge is 0.459 e. The van der Waals surface area contributed by atoms with Gasteiger partial charge in [-0.3, -0.25) is 4.79 Å². The molecule has 0 unspecified atom stereocenters. The molecule has 1 rings (SSSR count). The first-order valence-corrected chi connectivity index (χ1v) is 4.66. The summed E-state index contributed by atoms with van der Waals surface area (Å²) in [5.74, 6) is 4.32. The van der Waals surface area contributed by atoms with E-state index in [0.717, 1.165) is 0 Å². The molecule has 14 heavy (non-hydrogen) atoms. The van der Waals surface area contributed by atoms with Crippen LogP contribution in [0.15, 0.2) is 12.1 Å². The number of ether oxygens (including phenoxy) is 1. The molecule has 0 spiro atoms. The maximum Gasteiger partial charge on any atom is 0.384 e. The third-order valence-corrected chi connectivity index (χ3v) is 2.53. The zero-order valence-corrected chi connectivity index (χ0v) is 8.60. The van der Waals surface area contributed by atoms with E-state index < -0.39 is 5.97 Å². The van der Waals surface area contributed by atoms with E-state index in [4.69, 9.17) is 0 Å². The fourth-order valence-corrected chi connectivity index (χ4v) is 1.51. The number of Topliss-reactive ketones (excluding diaryl/α,β-unsaturated/α-hetero) is 1. The van der Waals surface area contributed by atoms with Gasteiger partial charge in [-0.2, -0.15) is 0 Å². The molecular formula is C10H8O3S. The van der Waals surface area contributed by atoms with Crippen LogP contribution in [-0.2, 0) is 9.53 Å². The van der Waals surface area contributed by atoms with Crippen LogP contribution in [0.25, 0.3) is 0 Å². The highest BCUT2D eigenvalue weighted by molar-refractivity contribution is 7.14. The van der Waals surface area contributed by atoms with Gasteiger partial charge in [-0.1, -0.05) is 0 Å². The quantitative estimate of drug-likeness (QED) is 0.399. The Morgan fingerprint density at radius 1 is 1.43 bits per heavy atom. The lowest BCUT2D eigenvalue weighted by Gasteiger charge is -1.84. The van der Waals surface area contributed by atoms with Gasteiger partial charge in [0.05, 0.1) is 16.9 Å². The summed E-state index contributed by atoms with van der Waals surface area (Å²) in [5, 5.41) is 0. The summed E-state index contributed by atoms with van der Waals surface area (Å²) >= 11 is 1.26. The Hall–Kier alpha value is -1.60. The van der Waals surface area contributed by atoms with Crippen molar-refractivity contribution in [2.75, 3.05) is 7.11 Å². The molecule has 0 bridgehead atoms. The molecule has 1 aromatic rings. The molecule has 4 heteroatoms. The van der Waals surface area contributed by atoms with Crippen molar-refractivity contribution in [3.8, 4) is 11.8 Å². The molecule has 0 atom stereocenters. The molecule has 0 amide bonds. The lowest BCUT2D eigenvalue weighted by atomic mass is 10.3. The van der Waals surface area contributed by atoms with Crippen LogP contribution in [0.1, 0.15) is 21.5 Å². The Labute approximate surface area is 85.7 Å². The summed E-state index contributed by atoms with van der Waals surface area (Å²) in [6.45, 7) is 1.49. The Morgan fingerprint density at radius 2 is 2.14 bits per heavy atom. The third kappa shape index (κ3) is 2.71. The minimum Gasteiger partial charge on any atom is -0.459 e. The molecule has 0 aliphatic rings. The van der Waals surface area contributed by atoms with E-state index in [-0.39, 0.29) is 5.78 Å². The normalized spacial score (nSPS) is 8.71. The molecule has 1 aromatic heterocycles. The van der Waals surface area contributed by atoms with E-state index in [2.05, 4.69) is 16.6 Å². The lowest BCUT2D eigenvalue weighted by molar-refractivity contribution is -0.133. The number of rotatable bonds is 1. The van der Waals surface area contributed by atoms with Gasteiger partial charge >= 0.3 is 5.97 Å². The Morgan fingerprint density at radius 3 is 2.64 bits per heavy atom. The van der Waals surface area contributed by atoms with Crippen molar-refractivity contribution in [3.05, 3.63) is 21.9 Å². The summed E-state index contributed by atoms with van der Waals surface area (Å²) in [6.07, 6.45) is 0. The molecular weight excluding hydrogens is 200 g/mol. The number of esters is 1. The lowest BCUT2D eigenvalue weighted by Crippen LogP contribution is -1.93. The number of carbonyl (C=O) groups is 2. The Bertz CT molecular complexity index is 420. The van der Waals surface area contributed by atoms with Crippen molar-refractivity contribution in [2.24, 2.45) is 0 Å². The smallest absolute Gasteiger partial charge is 0.384 e. The van der Waals surface area contributed by atoms with Crippen LogP contribution >= 0.6 is 11.3 Å². The van der Waals surface area contributed by atoms with E-state index in [0.29, 0.717) is 9.75 Å². The van der Waals surface area contributed by atoms with E-state index in [9.17, 15) is 9.59 Å². The molecule has 0 aromatic carbocycles. The van der Waals surface area contributed by atoms with Crippen LogP contribution < -0.4 is 0 Å². The van der Waals surface area contributed by atoms with Gasteiger partial charge in [-0.15, -0.1) is 11.3 Å². The second kappa shape index (κ2) is 4.58. The number of methoxy groups -OCH3 is 1. The van der Waals surface area contributed by atoms with E-state index in [1.165, 1.54) is 25.4 Å². The SMILES string of the molecule is COC(=O)C#Cc1ccc(C(C)=O)s1. The number of hydrogen-bond donors (Lipinski definition) is 0. The van der Waals surface area contributed by atoms with E-state index in [1.807, 2.05) is 0 Å². The van der Waals surface area contributed by atoms with Gasteiger partial charge in [0.15, 0.2) is 5.78 Å². The van der Waals surface area contributed by atoms with Crippen LogP contribution in [-0.4, -0.2) is 18.9 Å². The summed E-state index contributed by atoms with van der Waals surface area (Å²) in [4.78, 5) is 22.9. The van der Waals surface area contributed by atoms with E-state index >= 15 is 0 Å². The molecule has 0 aliphatic carbocycles. The average Bonchev–Trinajstić information content (AvgIpc) is 2.62. The molecule has 0 radical (unpaired) electrons. The first kappa shape index (κ1) is 10.5. The van der Waals surface area contributed by atoms with Gasteiger partial charge in [0.2, 0.25) is 0 Å². The minimum atomic E-state index is -0.581. The molecule has 0 aliphatic heterocycles. The zero-order chi connectivity index (χ0) is 10.6. The molecule has 72 valence electrons. The van der Waals surface area contributed by atoms with Crippen molar-refractivity contribution >= 4 is 23.1 Å². The third-order valence-electron chi connectivity index (χ3n) is 1.43. The van der Waals surface area contributed by atoms with Gasteiger partial charge in [0.25, 0.3) is 0 Å². The maximum atomic E-state index is 10.9. The average molecular weight is 208 g/mol. The summed E-state index contributed by atoms with van der Waals surface area (Å²) < 4.78 is 4.35. The number of carbonyl (C=O) groups excluding carboxylic acids is 2. The van der Waals surface area contributed by atoms with Crippen molar-refractivity contribution in [3.63, 3.8) is 0 Å². The highest BCUT2D eigenvalue weighted by Gasteiger charge is 2.02. The summed E-state index contributed by atoms with van der Waals surface area (Å²) in [5.41, 5.74) is 0. The highest BCUT2D eigenvalue weighted by atomic mass is 32.1. The standard InChI is InChI=1S/C10H8O3S/c1-7(11)9-5-3-8(14-9)4-6-10(12)13-2/h3,5H,1-2H3. The molecule has 0 saturated carbocycles. The Balaban J connectivity index is 2.81. The van der Waals surface area contributed by atoms with Gasteiger partial charge in [-0.25, -0.2) is 4.79 Å². The first-order valence-electron chi connectivity index (χ1n) is 3.84. The second-order valence-corrected chi connectivity index (χ2v) is 3.55. The fraction of sp³-hybridized carbons (Fsp3) is 0.200.